The van der Waals surface area contributed by atoms with Crippen LogP contribution in [0.1, 0.15) is 37.6 Å². The Labute approximate surface area is 107 Å². The molecule has 0 aromatic carbocycles. The Hall–Kier alpha value is -1.75. The van der Waals surface area contributed by atoms with E-state index in [4.69, 9.17) is 0 Å². The van der Waals surface area contributed by atoms with Crippen molar-refractivity contribution in [1.29, 1.82) is 0 Å². The Bertz CT molecular complexity index is 465. The summed E-state index contributed by atoms with van der Waals surface area (Å²) in [5, 5.41) is 15.7. The van der Waals surface area contributed by atoms with Gasteiger partial charge in [0.2, 0.25) is 0 Å². The van der Waals surface area contributed by atoms with Crippen molar-refractivity contribution in [3.05, 3.63) is 42.0 Å². The van der Waals surface area contributed by atoms with Crippen molar-refractivity contribution < 1.29 is 0 Å². The molecule has 2 aromatic rings. The average Bonchev–Trinajstić information content (AvgIpc) is 2.89. The summed E-state index contributed by atoms with van der Waals surface area (Å²) < 4.78 is 2.01. The van der Waals surface area contributed by atoms with Crippen LogP contribution in [-0.4, -0.2) is 26.5 Å². The van der Waals surface area contributed by atoms with Gasteiger partial charge in [-0.15, -0.1) is 0 Å². The fraction of sp³-hybridized carbons (Fsp3) is 0.462. The van der Waals surface area contributed by atoms with Gasteiger partial charge in [-0.1, -0.05) is 6.92 Å². The zero-order valence-corrected chi connectivity index (χ0v) is 10.9. The summed E-state index contributed by atoms with van der Waals surface area (Å²) in [4.78, 5) is 0. The van der Waals surface area contributed by atoms with Gasteiger partial charge in [0.1, 0.15) is 0 Å². The Balaban J connectivity index is 2.31. The zero-order valence-electron chi connectivity index (χ0n) is 10.9. The van der Waals surface area contributed by atoms with Gasteiger partial charge in [-0.2, -0.15) is 15.3 Å². The Morgan fingerprint density at radius 1 is 1.22 bits per heavy atom. The van der Waals surface area contributed by atoms with Crippen LogP contribution in [-0.2, 0) is 6.54 Å². The maximum absolute atomic E-state index is 4.33. The molecule has 0 saturated heterocycles. The molecule has 2 rings (SSSR count). The van der Waals surface area contributed by atoms with E-state index < -0.39 is 0 Å². The molecule has 0 amide bonds. The zero-order chi connectivity index (χ0) is 12.8. The van der Waals surface area contributed by atoms with Gasteiger partial charge < -0.3 is 5.32 Å². The summed E-state index contributed by atoms with van der Waals surface area (Å²) in [6.45, 7) is 6.08. The first-order valence-corrected chi connectivity index (χ1v) is 6.38. The summed E-state index contributed by atoms with van der Waals surface area (Å²) in [6, 6.07) is 4.17. The molecule has 1 unspecified atom stereocenters. The largest absolute Gasteiger partial charge is 0.305 e. The van der Waals surface area contributed by atoms with Crippen LogP contribution >= 0.6 is 0 Å². The second kappa shape index (κ2) is 6.26. The molecule has 2 aromatic heterocycles. The summed E-state index contributed by atoms with van der Waals surface area (Å²) in [5.74, 6) is 0. The fourth-order valence-corrected chi connectivity index (χ4v) is 2.01. The van der Waals surface area contributed by atoms with Crippen LogP contribution in [0.5, 0.6) is 0 Å². The van der Waals surface area contributed by atoms with E-state index in [1.54, 1.807) is 12.4 Å². The smallest absolute Gasteiger partial charge is 0.0764 e. The molecule has 0 aliphatic rings. The van der Waals surface area contributed by atoms with E-state index >= 15 is 0 Å². The molecule has 0 radical (unpaired) electrons. The summed E-state index contributed by atoms with van der Waals surface area (Å²) in [5.41, 5.74) is 2.28. The van der Waals surface area contributed by atoms with E-state index in [0.29, 0.717) is 0 Å². The van der Waals surface area contributed by atoms with Gasteiger partial charge >= 0.3 is 0 Å². The Morgan fingerprint density at radius 2 is 2.11 bits per heavy atom. The van der Waals surface area contributed by atoms with Crippen molar-refractivity contribution in [2.24, 2.45) is 0 Å². The minimum absolute atomic E-state index is 0.128. The highest BCUT2D eigenvalue weighted by molar-refractivity contribution is 5.24. The molecule has 0 bridgehead atoms. The summed E-state index contributed by atoms with van der Waals surface area (Å²) in [6.07, 6.45) is 6.46. The second-order valence-electron chi connectivity index (χ2n) is 4.13. The van der Waals surface area contributed by atoms with E-state index in [2.05, 4.69) is 40.5 Å². The van der Waals surface area contributed by atoms with E-state index in [0.717, 1.165) is 25.1 Å². The first-order valence-electron chi connectivity index (χ1n) is 6.38. The number of nitrogens with zero attached hydrogens (tertiary/aromatic N) is 4. The van der Waals surface area contributed by atoms with Crippen molar-refractivity contribution in [3.63, 3.8) is 0 Å². The topological polar surface area (TPSA) is 55.6 Å². The highest BCUT2D eigenvalue weighted by Crippen LogP contribution is 2.20. The van der Waals surface area contributed by atoms with Crippen LogP contribution in [0, 0.1) is 0 Å². The van der Waals surface area contributed by atoms with Crippen molar-refractivity contribution in [2.75, 3.05) is 6.54 Å². The average molecular weight is 245 g/mol. The first kappa shape index (κ1) is 12.7. The molecular weight excluding hydrogens is 226 g/mol. The van der Waals surface area contributed by atoms with E-state index in [-0.39, 0.29) is 6.04 Å². The summed E-state index contributed by atoms with van der Waals surface area (Å²) in [7, 11) is 0. The maximum Gasteiger partial charge on any atom is 0.0764 e. The van der Waals surface area contributed by atoms with Gasteiger partial charge in [0.15, 0.2) is 0 Å². The molecule has 5 nitrogen and oxygen atoms in total. The molecule has 96 valence electrons. The van der Waals surface area contributed by atoms with Crippen molar-refractivity contribution >= 4 is 0 Å². The van der Waals surface area contributed by atoms with Crippen LogP contribution in [0.3, 0.4) is 0 Å². The van der Waals surface area contributed by atoms with Crippen LogP contribution in [0.15, 0.2) is 30.7 Å². The monoisotopic (exact) mass is 245 g/mol. The number of hydrogen-bond acceptors (Lipinski definition) is 4. The van der Waals surface area contributed by atoms with Crippen LogP contribution in [0.25, 0.3) is 0 Å². The van der Waals surface area contributed by atoms with Gasteiger partial charge in [-0.3, -0.25) is 4.68 Å². The molecule has 2 heterocycles. The molecule has 0 fully saturated rings. The molecule has 18 heavy (non-hydrogen) atoms. The number of rotatable bonds is 6. The normalized spacial score (nSPS) is 12.6. The predicted molar refractivity (Wildman–Crippen MR) is 70.1 cm³/mol. The van der Waals surface area contributed by atoms with Gasteiger partial charge in [0, 0.05) is 18.9 Å². The maximum atomic E-state index is 4.33. The number of nitrogens with one attached hydrogen (secondary N) is 1. The SMILES string of the molecule is CCCNC(c1ccnnc1)c1ccnn1CC. The van der Waals surface area contributed by atoms with E-state index in [1.807, 2.05) is 16.9 Å². The molecular formula is C13H19N5. The van der Waals surface area contributed by atoms with Crippen molar-refractivity contribution in [1.82, 2.24) is 25.3 Å². The molecule has 0 aliphatic heterocycles. The third-order valence-electron chi connectivity index (χ3n) is 2.88. The molecule has 5 heteroatoms. The molecule has 0 spiro atoms. The highest BCUT2D eigenvalue weighted by atomic mass is 15.3. The molecule has 0 aliphatic carbocycles. The van der Waals surface area contributed by atoms with Gasteiger partial charge in [0.05, 0.1) is 17.9 Å². The lowest BCUT2D eigenvalue weighted by Crippen LogP contribution is -2.26. The molecule has 0 saturated carbocycles. The Morgan fingerprint density at radius 3 is 2.78 bits per heavy atom. The van der Waals surface area contributed by atoms with Gasteiger partial charge in [0.25, 0.3) is 0 Å². The minimum atomic E-state index is 0.128. The predicted octanol–water partition coefficient (Wildman–Crippen LogP) is 1.78. The molecule has 1 atom stereocenters. The lowest BCUT2D eigenvalue weighted by molar-refractivity contribution is 0.528. The summed E-state index contributed by atoms with van der Waals surface area (Å²) >= 11 is 0. The highest BCUT2D eigenvalue weighted by Gasteiger charge is 2.17. The van der Waals surface area contributed by atoms with Crippen LogP contribution in [0.4, 0.5) is 0 Å². The number of aryl methyl sites for hydroxylation is 1. The Kier molecular flexibility index (Phi) is 4.41. The number of hydrogen-bond donors (Lipinski definition) is 1. The third-order valence-corrected chi connectivity index (χ3v) is 2.88. The quantitative estimate of drug-likeness (QED) is 0.843. The fourth-order valence-electron chi connectivity index (χ4n) is 2.01. The van der Waals surface area contributed by atoms with Gasteiger partial charge in [-0.05, 0) is 37.6 Å². The standard InChI is InChI=1S/C13H19N5/c1-3-7-14-13(11-5-8-15-16-10-11)12-6-9-17-18(12)4-2/h5-6,8-10,13-14H,3-4,7H2,1-2H3. The van der Waals surface area contributed by atoms with E-state index in [1.165, 1.54) is 5.69 Å². The second-order valence-corrected chi connectivity index (χ2v) is 4.13. The first-order chi connectivity index (χ1) is 8.86. The number of aromatic nitrogens is 4. The lowest BCUT2D eigenvalue weighted by atomic mass is 10.1. The van der Waals surface area contributed by atoms with Crippen LogP contribution in [0.2, 0.25) is 0 Å². The van der Waals surface area contributed by atoms with Crippen molar-refractivity contribution in [3.8, 4) is 0 Å². The van der Waals surface area contributed by atoms with Crippen LogP contribution < -0.4 is 5.32 Å². The van der Waals surface area contributed by atoms with E-state index in [9.17, 15) is 0 Å². The van der Waals surface area contributed by atoms with Crippen molar-refractivity contribution in [2.45, 2.75) is 32.9 Å². The minimum Gasteiger partial charge on any atom is -0.305 e. The lowest BCUT2D eigenvalue weighted by Gasteiger charge is -2.19. The molecule has 1 N–H and O–H groups in total. The third kappa shape index (κ3) is 2.73. The van der Waals surface area contributed by atoms with Gasteiger partial charge in [-0.25, -0.2) is 0 Å².